The second-order valence-electron chi connectivity index (χ2n) is 14.0. The Labute approximate surface area is 337 Å². The fourth-order valence-corrected chi connectivity index (χ4v) is 9.24. The number of hydrogen-bond donors (Lipinski definition) is 4. The van der Waals surface area contributed by atoms with Crippen molar-refractivity contribution in [2.24, 2.45) is 5.92 Å². The molecule has 57 heavy (non-hydrogen) atoms. The highest BCUT2D eigenvalue weighted by molar-refractivity contribution is 7.28. The number of ether oxygens (including phenoxy) is 2. The number of imidazole rings is 2. The van der Waals surface area contributed by atoms with E-state index in [1.54, 1.807) is 57.0 Å². The highest BCUT2D eigenvalue weighted by atomic mass is 32.1. The summed E-state index contributed by atoms with van der Waals surface area (Å²) in [5.74, 6) is 13.7. The zero-order valence-electron chi connectivity index (χ0n) is 31.9. The molecule has 0 aliphatic carbocycles. The predicted octanol–water partition coefficient (Wildman–Crippen LogP) is 6.01. The number of nitrogens with one attached hydrogen (secondary N) is 4. The van der Waals surface area contributed by atoms with E-state index in [0.717, 1.165) is 44.8 Å². The van der Waals surface area contributed by atoms with Crippen LogP contribution in [0.1, 0.15) is 96.0 Å². The van der Waals surface area contributed by atoms with Crippen molar-refractivity contribution in [3.8, 4) is 23.7 Å². The van der Waals surface area contributed by atoms with Gasteiger partial charge >= 0.3 is 12.2 Å². The smallest absolute Gasteiger partial charge is 0.407 e. The summed E-state index contributed by atoms with van der Waals surface area (Å²) in [5.41, 5.74) is 1.96. The van der Waals surface area contributed by atoms with Crippen molar-refractivity contribution >= 4 is 56.1 Å². The molecule has 1 unspecified atom stereocenters. The first-order chi connectivity index (χ1) is 27.6. The summed E-state index contributed by atoms with van der Waals surface area (Å²) in [6.07, 6.45) is 5.18. The number of nitrogens with zero attached hydrogens (tertiary/aromatic N) is 4. The third-order valence-electron chi connectivity index (χ3n) is 9.96. The summed E-state index contributed by atoms with van der Waals surface area (Å²) in [6.45, 7) is 4.89. The largest absolute Gasteiger partial charge is 0.453 e. The monoisotopic (exact) mass is 806 g/mol. The van der Waals surface area contributed by atoms with Gasteiger partial charge in [0.05, 0.1) is 48.5 Å². The van der Waals surface area contributed by atoms with Gasteiger partial charge in [-0.1, -0.05) is 44.2 Å². The van der Waals surface area contributed by atoms with Crippen molar-refractivity contribution < 1.29 is 28.7 Å². The highest BCUT2D eigenvalue weighted by Gasteiger charge is 2.38. The Hall–Kier alpha value is -6.10. The molecule has 2 fully saturated rings. The number of carbonyl (C=O) groups is 4. The Bertz CT molecular complexity index is 2360. The lowest BCUT2D eigenvalue weighted by Gasteiger charge is -2.29. The summed E-state index contributed by atoms with van der Waals surface area (Å²) in [7, 11) is 2.55. The van der Waals surface area contributed by atoms with Crippen LogP contribution in [0.5, 0.6) is 0 Å². The maximum Gasteiger partial charge on any atom is 0.407 e. The number of H-pyrrole nitrogens is 2. The number of aromatic nitrogens is 4. The SMILES string of the molecule is COC(=O)N[C@H](C(=O)N1CCC[C@H]1c1ncc(C#Cc2cc3sc(C#Cc4cnc(C5CCCN5C(=O)[C@H](NC(=O)OC)c5ccccc5)[nH]4)cc3s2)[nH]1)C(C)C. The van der Waals surface area contributed by atoms with Crippen molar-refractivity contribution in [1.82, 2.24) is 40.4 Å². The molecule has 16 heteroatoms. The minimum atomic E-state index is -0.888. The number of thiophene rings is 2. The highest BCUT2D eigenvalue weighted by Crippen LogP contribution is 2.35. The second kappa shape index (κ2) is 17.4. The van der Waals surface area contributed by atoms with Gasteiger partial charge in [0.1, 0.15) is 35.1 Å². The van der Waals surface area contributed by atoms with E-state index >= 15 is 0 Å². The maximum absolute atomic E-state index is 13.8. The average molecular weight is 807 g/mol. The fourth-order valence-electron chi connectivity index (χ4n) is 7.14. The number of benzene rings is 1. The van der Waals surface area contributed by atoms with Gasteiger partial charge in [0.25, 0.3) is 5.91 Å². The van der Waals surface area contributed by atoms with Crippen LogP contribution in [0.15, 0.2) is 54.9 Å². The molecular weight excluding hydrogens is 765 g/mol. The number of rotatable bonds is 8. The van der Waals surface area contributed by atoms with Crippen molar-refractivity contribution in [2.45, 2.75) is 63.7 Å². The second-order valence-corrected chi connectivity index (χ2v) is 16.2. The van der Waals surface area contributed by atoms with Crippen LogP contribution in [-0.4, -0.2) is 87.1 Å². The van der Waals surface area contributed by atoms with Gasteiger partial charge < -0.3 is 39.9 Å². The lowest BCUT2D eigenvalue weighted by molar-refractivity contribution is -0.135. The number of carbonyl (C=O) groups excluding carboxylic acids is 4. The number of alkyl carbamates (subject to hydrolysis) is 2. The zero-order valence-corrected chi connectivity index (χ0v) is 33.5. The van der Waals surface area contributed by atoms with Crippen LogP contribution in [0.2, 0.25) is 0 Å². The molecule has 4 aromatic heterocycles. The molecule has 7 rings (SSSR count). The van der Waals surface area contributed by atoms with E-state index in [-0.39, 0.29) is 29.8 Å². The van der Waals surface area contributed by atoms with E-state index in [1.165, 1.54) is 14.2 Å². The number of amides is 4. The van der Waals surface area contributed by atoms with E-state index in [2.05, 4.69) is 66.4 Å². The zero-order chi connectivity index (χ0) is 40.1. The van der Waals surface area contributed by atoms with E-state index in [1.807, 2.05) is 32.0 Å². The Morgan fingerprint density at radius 2 is 1.26 bits per heavy atom. The molecule has 6 heterocycles. The number of hydrogen-bond acceptors (Lipinski definition) is 10. The third-order valence-corrected chi connectivity index (χ3v) is 12.1. The van der Waals surface area contributed by atoms with Crippen molar-refractivity contribution in [2.75, 3.05) is 27.3 Å². The summed E-state index contributed by atoms with van der Waals surface area (Å²) in [6, 6.07) is 11.1. The van der Waals surface area contributed by atoms with Crippen molar-refractivity contribution in [3.63, 3.8) is 0 Å². The Morgan fingerprint density at radius 3 is 1.77 bits per heavy atom. The molecule has 2 saturated heterocycles. The molecule has 4 amide bonds. The quantitative estimate of drug-likeness (QED) is 0.138. The van der Waals surface area contributed by atoms with E-state index in [9.17, 15) is 19.2 Å². The molecule has 0 radical (unpaired) electrons. The number of likely N-dealkylation sites (tertiary alicyclic amines) is 2. The van der Waals surface area contributed by atoms with Gasteiger partial charge in [0.15, 0.2) is 0 Å². The molecule has 5 aromatic rings. The molecule has 4 N–H and O–H groups in total. The molecule has 14 nitrogen and oxygen atoms in total. The molecule has 0 bridgehead atoms. The van der Waals surface area contributed by atoms with Gasteiger partial charge in [-0.25, -0.2) is 19.6 Å². The van der Waals surface area contributed by atoms with Gasteiger partial charge in [-0.2, -0.15) is 0 Å². The predicted molar refractivity (Wildman–Crippen MR) is 215 cm³/mol. The van der Waals surface area contributed by atoms with Crippen molar-refractivity contribution in [1.29, 1.82) is 0 Å². The lowest BCUT2D eigenvalue weighted by Crippen LogP contribution is -2.51. The molecule has 0 saturated carbocycles. The molecular formula is C41H42N8O6S2. The number of aromatic amines is 2. The van der Waals surface area contributed by atoms with Gasteiger partial charge in [0.2, 0.25) is 5.91 Å². The number of methoxy groups -OCH3 is 2. The molecule has 2 aliphatic heterocycles. The first-order valence-electron chi connectivity index (χ1n) is 18.6. The summed E-state index contributed by atoms with van der Waals surface area (Å²) < 4.78 is 11.7. The normalized spacial score (nSPS) is 17.4. The van der Waals surface area contributed by atoms with Crippen LogP contribution in [0.25, 0.3) is 9.40 Å². The van der Waals surface area contributed by atoms with Gasteiger partial charge in [0, 0.05) is 22.5 Å². The molecule has 294 valence electrons. The van der Waals surface area contributed by atoms with E-state index in [0.29, 0.717) is 41.7 Å². The fraction of sp³-hybridized carbons (Fsp3) is 0.366. The van der Waals surface area contributed by atoms with Crippen LogP contribution < -0.4 is 10.6 Å². The van der Waals surface area contributed by atoms with Crippen LogP contribution in [0.4, 0.5) is 9.59 Å². The molecule has 4 atom stereocenters. The minimum Gasteiger partial charge on any atom is -0.453 e. The summed E-state index contributed by atoms with van der Waals surface area (Å²) in [5, 5.41) is 5.36. The van der Waals surface area contributed by atoms with Gasteiger partial charge in [-0.3, -0.25) is 9.59 Å². The van der Waals surface area contributed by atoms with Gasteiger partial charge in [-0.15, -0.1) is 22.7 Å². The lowest BCUT2D eigenvalue weighted by atomic mass is 10.0. The van der Waals surface area contributed by atoms with E-state index < -0.39 is 24.3 Å². The number of fused-ring (bicyclic) bond motifs is 1. The minimum absolute atomic E-state index is 0.114. The maximum atomic E-state index is 13.8. The Kier molecular flexibility index (Phi) is 11.9. The summed E-state index contributed by atoms with van der Waals surface area (Å²) >= 11 is 3.16. The van der Waals surface area contributed by atoms with Crippen LogP contribution in [0, 0.1) is 29.6 Å². The Morgan fingerprint density at radius 1 is 0.754 bits per heavy atom. The van der Waals surface area contributed by atoms with Crippen molar-refractivity contribution in [3.05, 3.63) is 93.2 Å². The van der Waals surface area contributed by atoms with E-state index in [4.69, 9.17) is 9.47 Å². The topological polar surface area (TPSA) is 175 Å². The summed E-state index contributed by atoms with van der Waals surface area (Å²) in [4.78, 5) is 72.4. The van der Waals surface area contributed by atoms with Gasteiger partial charge in [-0.05, 0) is 73.0 Å². The standard InChI is InChI=1S/C41H42N8O6S2/c1-24(2)34(46-40(52)54-3)38(50)48-18-8-12-30(48)36-42-22-26(44-36)14-16-28-20-32-33(56-28)21-29(57-32)17-15-27-23-43-37(45-27)31-13-9-19-49(31)39(51)35(47-41(53)55-4)25-10-6-5-7-11-25/h5-7,10-11,20-24,30-31,34-35H,8-9,12-13,18-19H2,1-4H3,(H,42,44)(H,43,45)(H,46,52)(H,47,53)/t30-,31?,34-,35+/m0/s1. The molecule has 2 aliphatic rings. The first-order valence-corrected chi connectivity index (χ1v) is 20.3. The average Bonchev–Trinajstić information content (AvgIpc) is 4.07. The Balaban J connectivity index is 0.990. The van der Waals surface area contributed by atoms with Crippen LogP contribution in [0.3, 0.4) is 0 Å². The van der Waals surface area contributed by atoms with Crippen LogP contribution >= 0.6 is 22.7 Å². The first kappa shape index (κ1) is 39.1. The van der Waals surface area contributed by atoms with Crippen LogP contribution in [-0.2, 0) is 19.1 Å². The molecule has 0 spiro atoms. The molecule has 1 aromatic carbocycles. The third kappa shape index (κ3) is 8.83.